The topological polar surface area (TPSA) is 74.5 Å². The van der Waals surface area contributed by atoms with Gasteiger partial charge in [-0.05, 0) is 32.2 Å². The number of hydrogen-bond acceptors (Lipinski definition) is 4. The van der Waals surface area contributed by atoms with E-state index in [1.807, 2.05) is 13.2 Å². The highest BCUT2D eigenvalue weighted by molar-refractivity contribution is 7.98. The van der Waals surface area contributed by atoms with Crippen molar-refractivity contribution in [1.29, 1.82) is 0 Å². The van der Waals surface area contributed by atoms with Crippen molar-refractivity contribution < 1.29 is 14.3 Å². The molecule has 0 saturated carbocycles. The van der Waals surface area contributed by atoms with Crippen LogP contribution in [0.5, 0.6) is 0 Å². The molecule has 0 aliphatic rings. The molecule has 1 rings (SSSR count). The van der Waals surface area contributed by atoms with Crippen molar-refractivity contribution in [2.75, 3.05) is 18.6 Å². The molecule has 2 unspecified atom stereocenters. The Balaban J connectivity index is 2.38. The highest BCUT2D eigenvalue weighted by atomic mass is 32.2. The van der Waals surface area contributed by atoms with E-state index < -0.39 is 5.60 Å². The standard InChI is InChI=1S/C12H20N2O3S/c1-9(7-18-3)14-11(15)13-8-12(2,16)10-5-4-6-17-10/h4-6,9,16H,7-8H2,1-3H3,(H2,13,14,15). The minimum atomic E-state index is -1.20. The van der Waals surface area contributed by atoms with Gasteiger partial charge in [0.1, 0.15) is 11.4 Å². The zero-order valence-electron chi connectivity index (χ0n) is 10.9. The molecule has 1 aromatic rings. The second-order valence-corrected chi connectivity index (χ2v) is 5.35. The van der Waals surface area contributed by atoms with Crippen LogP contribution in [0.15, 0.2) is 22.8 Å². The number of carbonyl (C=O) groups excluding carboxylic acids is 1. The van der Waals surface area contributed by atoms with E-state index in [9.17, 15) is 9.90 Å². The van der Waals surface area contributed by atoms with Crippen molar-refractivity contribution in [3.8, 4) is 0 Å². The molecule has 5 nitrogen and oxygen atoms in total. The maximum absolute atomic E-state index is 11.6. The fraction of sp³-hybridized carbons (Fsp3) is 0.583. The molecule has 6 heteroatoms. The van der Waals surface area contributed by atoms with E-state index >= 15 is 0 Å². The number of amides is 2. The van der Waals surface area contributed by atoms with Gasteiger partial charge in [0.05, 0.1) is 12.8 Å². The zero-order chi connectivity index (χ0) is 13.6. The Labute approximate surface area is 111 Å². The first-order valence-electron chi connectivity index (χ1n) is 5.75. The smallest absolute Gasteiger partial charge is 0.315 e. The molecule has 0 spiro atoms. The molecule has 0 saturated heterocycles. The molecule has 1 aromatic heterocycles. The maximum atomic E-state index is 11.6. The van der Waals surface area contributed by atoms with Gasteiger partial charge in [-0.15, -0.1) is 0 Å². The summed E-state index contributed by atoms with van der Waals surface area (Å²) in [6.45, 7) is 3.62. The first kappa shape index (κ1) is 14.9. The number of nitrogens with one attached hydrogen (secondary N) is 2. The van der Waals surface area contributed by atoms with E-state index in [4.69, 9.17) is 4.42 Å². The lowest BCUT2D eigenvalue weighted by atomic mass is 10.0. The van der Waals surface area contributed by atoms with Crippen LogP contribution in [0, 0.1) is 0 Å². The molecular formula is C12H20N2O3S. The van der Waals surface area contributed by atoms with Crippen LogP contribution < -0.4 is 10.6 Å². The van der Waals surface area contributed by atoms with Crippen LogP contribution in [0.4, 0.5) is 4.79 Å². The van der Waals surface area contributed by atoms with Crippen molar-refractivity contribution in [1.82, 2.24) is 10.6 Å². The predicted molar refractivity (Wildman–Crippen MR) is 72.7 cm³/mol. The second kappa shape index (κ2) is 6.70. The van der Waals surface area contributed by atoms with Gasteiger partial charge < -0.3 is 20.2 Å². The van der Waals surface area contributed by atoms with Gasteiger partial charge in [-0.1, -0.05) is 0 Å². The third-order valence-electron chi connectivity index (χ3n) is 2.44. The molecule has 0 bridgehead atoms. The molecule has 0 radical (unpaired) electrons. The van der Waals surface area contributed by atoms with Crippen LogP contribution in [0.1, 0.15) is 19.6 Å². The van der Waals surface area contributed by atoms with E-state index in [0.29, 0.717) is 5.76 Å². The number of rotatable bonds is 6. The molecule has 18 heavy (non-hydrogen) atoms. The van der Waals surface area contributed by atoms with Gasteiger partial charge in [0.2, 0.25) is 0 Å². The molecular weight excluding hydrogens is 252 g/mol. The average molecular weight is 272 g/mol. The molecule has 1 heterocycles. The Morgan fingerprint density at radius 2 is 2.39 bits per heavy atom. The quantitative estimate of drug-likeness (QED) is 0.734. The fourth-order valence-corrected chi connectivity index (χ4v) is 2.07. The average Bonchev–Trinajstić information content (AvgIpc) is 2.81. The van der Waals surface area contributed by atoms with E-state index in [0.717, 1.165) is 5.75 Å². The number of carbonyl (C=O) groups is 1. The summed E-state index contributed by atoms with van der Waals surface area (Å²) >= 11 is 1.67. The van der Waals surface area contributed by atoms with Gasteiger partial charge in [-0.25, -0.2) is 4.79 Å². The van der Waals surface area contributed by atoms with E-state index in [1.165, 1.54) is 6.26 Å². The highest BCUT2D eigenvalue weighted by Gasteiger charge is 2.26. The van der Waals surface area contributed by atoms with Gasteiger partial charge in [0.15, 0.2) is 0 Å². The van der Waals surface area contributed by atoms with Crippen molar-refractivity contribution in [3.05, 3.63) is 24.2 Å². The van der Waals surface area contributed by atoms with Gasteiger partial charge >= 0.3 is 6.03 Å². The number of aliphatic hydroxyl groups is 1. The first-order valence-corrected chi connectivity index (χ1v) is 7.15. The first-order chi connectivity index (χ1) is 8.45. The zero-order valence-corrected chi connectivity index (χ0v) is 11.7. The number of furan rings is 1. The summed E-state index contributed by atoms with van der Waals surface area (Å²) in [7, 11) is 0. The number of urea groups is 1. The fourth-order valence-electron chi connectivity index (χ4n) is 1.49. The lowest BCUT2D eigenvalue weighted by Crippen LogP contribution is -2.46. The van der Waals surface area contributed by atoms with Gasteiger partial charge in [-0.3, -0.25) is 0 Å². The Morgan fingerprint density at radius 3 is 2.94 bits per heavy atom. The second-order valence-electron chi connectivity index (χ2n) is 4.43. The highest BCUT2D eigenvalue weighted by Crippen LogP contribution is 2.19. The SMILES string of the molecule is CSCC(C)NC(=O)NCC(C)(O)c1ccco1. The Hall–Kier alpha value is -1.14. The molecule has 0 fully saturated rings. The van der Waals surface area contributed by atoms with Gasteiger partial charge in [-0.2, -0.15) is 11.8 Å². The summed E-state index contributed by atoms with van der Waals surface area (Å²) in [4.78, 5) is 11.6. The third-order valence-corrected chi connectivity index (χ3v) is 3.27. The molecule has 2 atom stereocenters. The monoisotopic (exact) mass is 272 g/mol. The number of hydrogen-bond donors (Lipinski definition) is 3. The van der Waals surface area contributed by atoms with Crippen molar-refractivity contribution in [2.45, 2.75) is 25.5 Å². The van der Waals surface area contributed by atoms with E-state index in [2.05, 4.69) is 10.6 Å². The summed E-state index contributed by atoms with van der Waals surface area (Å²) in [5.74, 6) is 1.28. The lowest BCUT2D eigenvalue weighted by Gasteiger charge is -2.22. The summed E-state index contributed by atoms with van der Waals surface area (Å²) in [6, 6.07) is 3.18. The lowest BCUT2D eigenvalue weighted by molar-refractivity contribution is 0.0367. The normalized spacial score (nSPS) is 15.8. The predicted octanol–water partition coefficient (Wildman–Crippen LogP) is 1.54. The van der Waals surface area contributed by atoms with Crippen molar-refractivity contribution >= 4 is 17.8 Å². The molecule has 2 amide bonds. The summed E-state index contributed by atoms with van der Waals surface area (Å²) in [5.41, 5.74) is -1.20. The largest absolute Gasteiger partial charge is 0.466 e. The Morgan fingerprint density at radius 1 is 1.67 bits per heavy atom. The minimum absolute atomic E-state index is 0.0913. The summed E-state index contributed by atoms with van der Waals surface area (Å²) < 4.78 is 5.13. The van der Waals surface area contributed by atoms with Crippen LogP contribution in [0.3, 0.4) is 0 Å². The summed E-state index contributed by atoms with van der Waals surface area (Å²) in [6.07, 6.45) is 3.47. The third kappa shape index (κ3) is 4.62. The summed E-state index contributed by atoms with van der Waals surface area (Å²) in [5, 5.41) is 15.5. The Kier molecular flexibility index (Phi) is 5.55. The molecule has 0 aromatic carbocycles. The van der Waals surface area contributed by atoms with Crippen molar-refractivity contribution in [2.24, 2.45) is 0 Å². The molecule has 0 aliphatic heterocycles. The number of thioether (sulfide) groups is 1. The molecule has 102 valence electrons. The van der Waals surface area contributed by atoms with Crippen LogP contribution in [-0.2, 0) is 5.60 Å². The van der Waals surface area contributed by atoms with E-state index in [1.54, 1.807) is 30.8 Å². The van der Waals surface area contributed by atoms with Gasteiger partial charge in [0, 0.05) is 11.8 Å². The maximum Gasteiger partial charge on any atom is 0.315 e. The molecule has 0 aliphatic carbocycles. The van der Waals surface area contributed by atoms with Gasteiger partial charge in [0.25, 0.3) is 0 Å². The van der Waals surface area contributed by atoms with Crippen molar-refractivity contribution in [3.63, 3.8) is 0 Å². The van der Waals surface area contributed by atoms with E-state index in [-0.39, 0.29) is 18.6 Å². The van der Waals surface area contributed by atoms with Crippen LogP contribution in [0.25, 0.3) is 0 Å². The van der Waals surface area contributed by atoms with Crippen LogP contribution in [-0.4, -0.2) is 35.7 Å². The van der Waals surface area contributed by atoms with Crippen LogP contribution >= 0.6 is 11.8 Å². The Bertz CT molecular complexity index is 365. The van der Waals surface area contributed by atoms with Crippen LogP contribution in [0.2, 0.25) is 0 Å². The minimum Gasteiger partial charge on any atom is -0.466 e. The molecule has 3 N–H and O–H groups in total.